The molecule has 6 aromatic rings. The molecule has 1 aliphatic heterocycles. The summed E-state index contributed by atoms with van der Waals surface area (Å²) < 4.78 is 72.4. The Morgan fingerprint density at radius 3 is 2.42 bits per heavy atom. The predicted molar refractivity (Wildman–Crippen MR) is 194 cm³/mol. The van der Waals surface area contributed by atoms with Crippen molar-refractivity contribution in [2.45, 2.75) is 18.9 Å². The molecule has 282 valence electrons. The number of rotatable bonds is 10. The summed E-state index contributed by atoms with van der Waals surface area (Å²) in [6.07, 6.45) is 1.12. The molecule has 0 spiro atoms. The molecule has 1 saturated heterocycles. The van der Waals surface area contributed by atoms with Crippen molar-refractivity contribution in [3.63, 3.8) is 0 Å². The largest absolute Gasteiger partial charge is 0.496 e. The molecule has 1 aliphatic rings. The first-order chi connectivity index (χ1) is 26.4. The number of aromatic nitrogens is 2. The standard InChI is InChI=1S/C39H31F3N4O9/c1-51-24-14-32(52-2)35-30(47)17-31(55-33(35)15-24)20-3-6-23(7-4-20)54-34(48)10-12-53-39(50)26-19-46(29-8-5-21(40)13-27(29)41)37-25(36(26)49)16-28(42)38(44-37)45-11-9-22(43)18-45/h3-8,13-17,19,22H,9-12,18,43H2,1-2H3. The van der Waals surface area contributed by atoms with Crippen LogP contribution in [0.3, 0.4) is 0 Å². The van der Waals surface area contributed by atoms with E-state index in [1.54, 1.807) is 29.2 Å². The number of hydrogen-bond acceptors (Lipinski definition) is 12. The van der Waals surface area contributed by atoms with Gasteiger partial charge in [-0.3, -0.25) is 19.0 Å². The normalized spacial score (nSPS) is 14.0. The van der Waals surface area contributed by atoms with Crippen LogP contribution in [-0.2, 0) is 9.53 Å². The van der Waals surface area contributed by atoms with E-state index in [1.165, 1.54) is 32.4 Å². The van der Waals surface area contributed by atoms with Crippen LogP contribution in [0.5, 0.6) is 17.2 Å². The summed E-state index contributed by atoms with van der Waals surface area (Å²) in [7, 11) is 2.90. The van der Waals surface area contributed by atoms with E-state index in [4.69, 9.17) is 29.1 Å². The summed E-state index contributed by atoms with van der Waals surface area (Å²) in [5.41, 5.74) is 4.34. The summed E-state index contributed by atoms with van der Waals surface area (Å²) in [5.74, 6) is -3.79. The van der Waals surface area contributed by atoms with Crippen molar-refractivity contribution in [2.75, 3.05) is 38.8 Å². The summed E-state index contributed by atoms with van der Waals surface area (Å²) in [4.78, 5) is 58.2. The average molecular weight is 757 g/mol. The molecule has 13 nitrogen and oxygen atoms in total. The molecule has 1 atom stereocenters. The zero-order valence-electron chi connectivity index (χ0n) is 29.3. The van der Waals surface area contributed by atoms with Crippen molar-refractivity contribution in [1.82, 2.24) is 9.55 Å². The number of ether oxygens (including phenoxy) is 4. The first kappa shape index (κ1) is 36.7. The maximum atomic E-state index is 15.4. The molecule has 3 aromatic carbocycles. The molecule has 1 unspecified atom stereocenters. The maximum absolute atomic E-state index is 15.4. The van der Waals surface area contributed by atoms with Gasteiger partial charge < -0.3 is 34.0 Å². The summed E-state index contributed by atoms with van der Waals surface area (Å²) in [5, 5.41) is -0.122. The molecule has 1 fully saturated rings. The van der Waals surface area contributed by atoms with Crippen LogP contribution < -0.4 is 35.7 Å². The highest BCUT2D eigenvalue weighted by Crippen LogP contribution is 2.32. The summed E-state index contributed by atoms with van der Waals surface area (Å²) >= 11 is 0. The number of fused-ring (bicyclic) bond motifs is 2. The van der Waals surface area contributed by atoms with Crippen LogP contribution in [0.25, 0.3) is 39.0 Å². The van der Waals surface area contributed by atoms with Crippen molar-refractivity contribution >= 4 is 39.8 Å². The summed E-state index contributed by atoms with van der Waals surface area (Å²) in [6.45, 7) is 0.162. The van der Waals surface area contributed by atoms with Gasteiger partial charge in [0.25, 0.3) is 0 Å². The van der Waals surface area contributed by atoms with E-state index in [2.05, 4.69) is 4.98 Å². The van der Waals surface area contributed by atoms with Crippen LogP contribution in [0, 0.1) is 17.5 Å². The van der Waals surface area contributed by atoms with E-state index in [1.807, 2.05) is 0 Å². The van der Waals surface area contributed by atoms with Gasteiger partial charge in [-0.2, -0.15) is 0 Å². The minimum Gasteiger partial charge on any atom is -0.496 e. The van der Waals surface area contributed by atoms with Gasteiger partial charge in [0.2, 0.25) is 5.43 Å². The molecule has 0 saturated carbocycles. The van der Waals surface area contributed by atoms with E-state index >= 15 is 8.78 Å². The Bertz CT molecular complexity index is 2610. The molecule has 2 N–H and O–H groups in total. The van der Waals surface area contributed by atoms with Crippen LogP contribution in [-0.4, -0.2) is 61.4 Å². The third-order valence-electron chi connectivity index (χ3n) is 8.96. The Morgan fingerprint density at radius 2 is 1.73 bits per heavy atom. The average Bonchev–Trinajstić information content (AvgIpc) is 3.60. The van der Waals surface area contributed by atoms with Crippen LogP contribution >= 0.6 is 0 Å². The lowest BCUT2D eigenvalue weighted by Crippen LogP contribution is -2.28. The number of halogens is 3. The number of carbonyl (C=O) groups excluding carboxylic acids is 2. The van der Waals surface area contributed by atoms with E-state index < -0.39 is 53.4 Å². The fourth-order valence-electron chi connectivity index (χ4n) is 6.25. The zero-order chi connectivity index (χ0) is 39.0. The Hall–Kier alpha value is -6.68. The van der Waals surface area contributed by atoms with Crippen molar-refractivity contribution in [3.05, 3.63) is 116 Å². The Balaban J connectivity index is 1.07. The van der Waals surface area contributed by atoms with Gasteiger partial charge in [-0.1, -0.05) is 0 Å². The number of pyridine rings is 2. The number of hydrogen-bond donors (Lipinski definition) is 1. The van der Waals surface area contributed by atoms with Crippen LogP contribution in [0.1, 0.15) is 23.2 Å². The van der Waals surface area contributed by atoms with Gasteiger partial charge in [0.15, 0.2) is 22.7 Å². The molecule has 55 heavy (non-hydrogen) atoms. The van der Waals surface area contributed by atoms with E-state index in [0.29, 0.717) is 42.6 Å². The van der Waals surface area contributed by atoms with Crippen LogP contribution in [0.15, 0.2) is 86.9 Å². The molecule has 3 aromatic heterocycles. The number of methoxy groups -OCH3 is 2. The van der Waals surface area contributed by atoms with Crippen molar-refractivity contribution in [3.8, 4) is 34.3 Å². The van der Waals surface area contributed by atoms with Gasteiger partial charge in [-0.05, 0) is 48.9 Å². The third-order valence-corrected chi connectivity index (χ3v) is 8.96. The minimum atomic E-state index is -1.19. The maximum Gasteiger partial charge on any atom is 0.343 e. The van der Waals surface area contributed by atoms with Gasteiger partial charge in [0, 0.05) is 55.2 Å². The van der Waals surface area contributed by atoms with Crippen LogP contribution in [0.2, 0.25) is 0 Å². The van der Waals surface area contributed by atoms with Gasteiger partial charge in [-0.15, -0.1) is 0 Å². The van der Waals surface area contributed by atoms with E-state index in [9.17, 15) is 23.6 Å². The molecular formula is C39H31F3N4O9. The fourth-order valence-corrected chi connectivity index (χ4v) is 6.25. The van der Waals surface area contributed by atoms with Crippen molar-refractivity contribution in [2.24, 2.45) is 5.73 Å². The SMILES string of the molecule is COc1cc(OC)c2c(=O)cc(-c3ccc(OC(=O)CCOC(=O)c4cn(-c5ccc(F)cc5F)c5nc(N6CCC(N)C6)c(F)cc5c4=O)cc3)oc2c1. The number of esters is 2. The number of nitrogens with zero attached hydrogens (tertiary/aromatic N) is 3. The number of nitrogens with two attached hydrogens (primary N) is 1. The second kappa shape index (κ2) is 15.0. The Labute approximate surface area is 309 Å². The smallest absolute Gasteiger partial charge is 0.343 e. The van der Waals surface area contributed by atoms with Gasteiger partial charge in [0.1, 0.15) is 57.8 Å². The first-order valence-corrected chi connectivity index (χ1v) is 16.8. The molecule has 16 heteroatoms. The second-order valence-electron chi connectivity index (χ2n) is 12.6. The van der Waals surface area contributed by atoms with Crippen molar-refractivity contribution < 1.29 is 46.1 Å². The number of benzene rings is 3. The molecule has 7 rings (SSSR count). The van der Waals surface area contributed by atoms with Crippen LogP contribution in [0.4, 0.5) is 19.0 Å². The Morgan fingerprint density at radius 1 is 0.945 bits per heavy atom. The molecule has 0 aliphatic carbocycles. The minimum absolute atomic E-state index is 0.123. The Kier molecular flexibility index (Phi) is 9.99. The van der Waals surface area contributed by atoms with Crippen molar-refractivity contribution in [1.29, 1.82) is 0 Å². The fraction of sp³-hybridized carbons (Fsp3) is 0.205. The first-order valence-electron chi connectivity index (χ1n) is 16.8. The lowest BCUT2D eigenvalue weighted by molar-refractivity contribution is -0.135. The molecule has 4 heterocycles. The lowest BCUT2D eigenvalue weighted by atomic mass is 10.1. The number of carbonyl (C=O) groups is 2. The third kappa shape index (κ3) is 7.31. The zero-order valence-corrected chi connectivity index (χ0v) is 29.3. The highest BCUT2D eigenvalue weighted by Gasteiger charge is 2.27. The van der Waals surface area contributed by atoms with E-state index in [0.717, 1.165) is 29.0 Å². The molecule has 0 radical (unpaired) electrons. The number of anilines is 1. The lowest BCUT2D eigenvalue weighted by Gasteiger charge is -2.20. The van der Waals surface area contributed by atoms with Gasteiger partial charge >= 0.3 is 11.9 Å². The van der Waals surface area contributed by atoms with Gasteiger partial charge in [0.05, 0.1) is 31.7 Å². The highest BCUT2D eigenvalue weighted by molar-refractivity contribution is 5.94. The highest BCUT2D eigenvalue weighted by atomic mass is 19.1. The topological polar surface area (TPSA) is 165 Å². The molecular weight excluding hydrogens is 725 g/mol. The van der Waals surface area contributed by atoms with E-state index in [-0.39, 0.29) is 56.5 Å². The molecule has 0 amide bonds. The predicted octanol–water partition coefficient (Wildman–Crippen LogP) is 5.28. The monoisotopic (exact) mass is 756 g/mol. The molecule has 0 bridgehead atoms. The van der Waals surface area contributed by atoms with Gasteiger partial charge in [-0.25, -0.2) is 22.9 Å². The quantitative estimate of drug-likeness (QED) is 0.142. The summed E-state index contributed by atoms with van der Waals surface area (Å²) in [6, 6.07) is 13.8. The second-order valence-corrected chi connectivity index (χ2v) is 12.6.